The first-order valence-corrected chi connectivity index (χ1v) is 10.0. The highest BCUT2D eigenvalue weighted by atomic mass is 35.5. The number of carbonyl (C=O) groups is 1. The van der Waals surface area contributed by atoms with Gasteiger partial charge >= 0.3 is 5.97 Å². The molecule has 29 heavy (non-hydrogen) atoms. The lowest BCUT2D eigenvalue weighted by Gasteiger charge is -2.38. The van der Waals surface area contributed by atoms with Crippen molar-refractivity contribution >= 4 is 48.9 Å². The molecule has 1 aromatic rings. The number of piperidine rings is 2. The number of anilines is 1. The normalized spacial score (nSPS) is 18.2. The predicted octanol–water partition coefficient (Wildman–Crippen LogP) is 3.90. The van der Waals surface area contributed by atoms with Crippen LogP contribution in [0.2, 0.25) is 0 Å². The number of hydrogen-bond donors (Lipinski definition) is 1. The van der Waals surface area contributed by atoms with Gasteiger partial charge in [0.15, 0.2) is 0 Å². The number of ether oxygens (including phenoxy) is 1. The second-order valence-corrected chi connectivity index (χ2v) is 7.83. The van der Waals surface area contributed by atoms with Crippen LogP contribution in [0.4, 0.5) is 5.69 Å². The Morgan fingerprint density at radius 2 is 1.52 bits per heavy atom. The van der Waals surface area contributed by atoms with Crippen LogP contribution >= 0.6 is 37.2 Å². The van der Waals surface area contributed by atoms with Gasteiger partial charge < -0.3 is 20.3 Å². The highest BCUT2D eigenvalue weighted by Gasteiger charge is 2.25. The van der Waals surface area contributed by atoms with Crippen molar-refractivity contribution in [3.05, 3.63) is 29.8 Å². The third-order valence-corrected chi connectivity index (χ3v) is 6.06. The fourth-order valence-electron chi connectivity index (χ4n) is 4.27. The number of benzene rings is 1. The molecule has 2 aliphatic rings. The minimum absolute atomic E-state index is 0. The van der Waals surface area contributed by atoms with Crippen molar-refractivity contribution in [2.45, 2.75) is 38.6 Å². The Kier molecular flexibility index (Phi) is 14.0. The van der Waals surface area contributed by atoms with E-state index in [1.165, 1.54) is 37.7 Å². The van der Waals surface area contributed by atoms with Gasteiger partial charge in [-0.05, 0) is 68.3 Å². The molecular weight excluding hydrogens is 433 g/mol. The number of likely N-dealkylation sites (tertiary alicyclic amines) is 1. The summed E-state index contributed by atoms with van der Waals surface area (Å²) < 4.78 is 4.80. The van der Waals surface area contributed by atoms with Gasteiger partial charge in [-0.25, -0.2) is 0 Å². The predicted molar refractivity (Wildman–Crippen MR) is 127 cm³/mol. The van der Waals surface area contributed by atoms with Crippen molar-refractivity contribution in [1.82, 2.24) is 4.90 Å². The Bertz CT molecular complexity index is 573. The van der Waals surface area contributed by atoms with Gasteiger partial charge in [-0.2, -0.15) is 0 Å². The van der Waals surface area contributed by atoms with E-state index >= 15 is 0 Å². The number of methoxy groups -OCH3 is 1. The van der Waals surface area contributed by atoms with E-state index in [4.69, 9.17) is 10.5 Å². The van der Waals surface area contributed by atoms with Crippen molar-refractivity contribution in [3.8, 4) is 0 Å². The number of carbonyl (C=O) groups excluding carboxylic acids is 1. The number of nitrogens with zero attached hydrogens (tertiary/aromatic N) is 2. The SMILES string of the molecule is COC(=O)CC1CCN(CC2CCN(c3ccc(CN)cc3)CC2)CC1.Cl.Cl.Cl. The zero-order valence-electron chi connectivity index (χ0n) is 17.3. The fourth-order valence-corrected chi connectivity index (χ4v) is 4.27. The van der Waals surface area contributed by atoms with E-state index in [9.17, 15) is 4.79 Å². The topological polar surface area (TPSA) is 58.8 Å². The molecule has 0 spiro atoms. The molecule has 0 bridgehead atoms. The molecule has 0 unspecified atom stereocenters. The number of halogens is 3. The zero-order valence-corrected chi connectivity index (χ0v) is 19.7. The van der Waals surface area contributed by atoms with E-state index in [1.54, 1.807) is 0 Å². The van der Waals surface area contributed by atoms with Crippen LogP contribution in [0.25, 0.3) is 0 Å². The summed E-state index contributed by atoms with van der Waals surface area (Å²) in [5.74, 6) is 1.25. The number of hydrogen-bond acceptors (Lipinski definition) is 5. The Hall–Kier alpha value is -0.720. The molecule has 3 rings (SSSR count). The summed E-state index contributed by atoms with van der Waals surface area (Å²) in [5, 5.41) is 0. The largest absolute Gasteiger partial charge is 0.469 e. The van der Waals surface area contributed by atoms with Crippen LogP contribution in [-0.2, 0) is 16.1 Å². The summed E-state index contributed by atoms with van der Waals surface area (Å²) in [6.07, 6.45) is 5.37. The Labute approximate surface area is 193 Å². The lowest BCUT2D eigenvalue weighted by atomic mass is 9.91. The van der Waals surface area contributed by atoms with Gasteiger partial charge in [-0.15, -0.1) is 37.2 Å². The average Bonchev–Trinajstić information content (AvgIpc) is 2.70. The molecule has 0 radical (unpaired) electrons. The van der Waals surface area contributed by atoms with E-state index in [2.05, 4.69) is 34.1 Å². The standard InChI is InChI=1S/C21H33N3O2.3ClH/c1-26-21(25)14-17-6-10-23(11-7-17)16-19-8-12-24(13-9-19)20-4-2-18(15-22)3-5-20;;;/h2-5,17,19H,6-16,22H2,1H3;3*1H. The van der Waals surface area contributed by atoms with Crippen LogP contribution < -0.4 is 10.6 Å². The third-order valence-electron chi connectivity index (χ3n) is 6.06. The maximum atomic E-state index is 11.4. The Balaban J connectivity index is 0.00000261. The molecule has 5 nitrogen and oxygen atoms in total. The lowest BCUT2D eigenvalue weighted by molar-refractivity contribution is -0.142. The molecule has 2 N–H and O–H groups in total. The van der Waals surface area contributed by atoms with Crippen LogP contribution in [0.1, 0.15) is 37.7 Å². The Morgan fingerprint density at radius 3 is 2.03 bits per heavy atom. The summed E-state index contributed by atoms with van der Waals surface area (Å²) in [5.41, 5.74) is 8.20. The highest BCUT2D eigenvalue weighted by Crippen LogP contribution is 2.26. The molecule has 0 aliphatic carbocycles. The maximum absolute atomic E-state index is 11.4. The van der Waals surface area contributed by atoms with E-state index in [0.29, 0.717) is 18.9 Å². The quantitative estimate of drug-likeness (QED) is 0.642. The first kappa shape index (κ1) is 28.3. The van der Waals surface area contributed by atoms with Gasteiger partial charge in [0.1, 0.15) is 0 Å². The molecule has 0 atom stereocenters. The van der Waals surface area contributed by atoms with E-state index in [1.807, 2.05) is 0 Å². The maximum Gasteiger partial charge on any atom is 0.305 e. The van der Waals surface area contributed by atoms with Gasteiger partial charge in [-0.3, -0.25) is 4.79 Å². The molecule has 2 fully saturated rings. The van der Waals surface area contributed by atoms with Gasteiger partial charge in [-0.1, -0.05) is 12.1 Å². The third kappa shape index (κ3) is 8.50. The number of nitrogens with two attached hydrogens (primary N) is 1. The molecule has 2 heterocycles. The van der Waals surface area contributed by atoms with E-state index < -0.39 is 0 Å². The molecule has 0 saturated carbocycles. The van der Waals surface area contributed by atoms with Crippen LogP contribution in [-0.4, -0.2) is 50.7 Å². The summed E-state index contributed by atoms with van der Waals surface area (Å²) >= 11 is 0. The van der Waals surface area contributed by atoms with Crippen molar-refractivity contribution in [1.29, 1.82) is 0 Å². The van der Waals surface area contributed by atoms with Crippen LogP contribution in [0, 0.1) is 11.8 Å². The summed E-state index contributed by atoms with van der Waals surface area (Å²) in [4.78, 5) is 16.5. The minimum atomic E-state index is -0.0599. The summed E-state index contributed by atoms with van der Waals surface area (Å²) in [6, 6.07) is 8.68. The van der Waals surface area contributed by atoms with Gasteiger partial charge in [0, 0.05) is 38.3 Å². The molecule has 0 amide bonds. The zero-order chi connectivity index (χ0) is 18.4. The highest BCUT2D eigenvalue weighted by molar-refractivity contribution is 5.86. The molecule has 0 aromatic heterocycles. The first-order valence-electron chi connectivity index (χ1n) is 10.0. The van der Waals surface area contributed by atoms with Gasteiger partial charge in [0.25, 0.3) is 0 Å². The second-order valence-electron chi connectivity index (χ2n) is 7.83. The van der Waals surface area contributed by atoms with E-state index in [-0.39, 0.29) is 43.2 Å². The molecule has 2 saturated heterocycles. The molecular formula is C21H36Cl3N3O2. The lowest BCUT2D eigenvalue weighted by Crippen LogP contribution is -2.41. The van der Waals surface area contributed by atoms with Crippen molar-refractivity contribution < 1.29 is 9.53 Å². The number of esters is 1. The smallest absolute Gasteiger partial charge is 0.305 e. The average molecular weight is 469 g/mol. The molecule has 8 heteroatoms. The molecule has 2 aliphatic heterocycles. The van der Waals surface area contributed by atoms with Crippen molar-refractivity contribution in [2.24, 2.45) is 17.6 Å². The van der Waals surface area contributed by atoms with Crippen molar-refractivity contribution in [3.63, 3.8) is 0 Å². The van der Waals surface area contributed by atoms with Gasteiger partial charge in [0.2, 0.25) is 0 Å². The second kappa shape index (κ2) is 14.3. The van der Waals surface area contributed by atoms with Crippen LogP contribution in [0.3, 0.4) is 0 Å². The minimum Gasteiger partial charge on any atom is -0.469 e. The monoisotopic (exact) mass is 467 g/mol. The first-order chi connectivity index (χ1) is 12.7. The fraction of sp³-hybridized carbons (Fsp3) is 0.667. The number of rotatable bonds is 6. The van der Waals surface area contributed by atoms with Gasteiger partial charge in [0.05, 0.1) is 7.11 Å². The summed E-state index contributed by atoms with van der Waals surface area (Å²) in [6.45, 7) is 6.37. The summed E-state index contributed by atoms with van der Waals surface area (Å²) in [7, 11) is 1.48. The van der Waals surface area contributed by atoms with Crippen LogP contribution in [0.15, 0.2) is 24.3 Å². The Morgan fingerprint density at radius 1 is 0.966 bits per heavy atom. The molecule has 168 valence electrons. The van der Waals surface area contributed by atoms with E-state index in [0.717, 1.165) is 44.9 Å². The van der Waals surface area contributed by atoms with Crippen LogP contribution in [0.5, 0.6) is 0 Å². The van der Waals surface area contributed by atoms with Crippen molar-refractivity contribution in [2.75, 3.05) is 44.7 Å². The molecule has 1 aromatic carbocycles.